The first-order valence-electron chi connectivity index (χ1n) is 5.03. The molecule has 0 amide bonds. The quantitative estimate of drug-likeness (QED) is 0.750. The number of nitrogen functional groups attached to an aromatic ring is 1. The van der Waals surface area contributed by atoms with Crippen molar-refractivity contribution in [2.75, 3.05) is 17.2 Å². The van der Waals surface area contributed by atoms with Gasteiger partial charge in [-0.25, -0.2) is 4.98 Å². The molecule has 0 unspecified atom stereocenters. The van der Waals surface area contributed by atoms with Gasteiger partial charge in [-0.05, 0) is 18.2 Å². The molecule has 0 fully saturated rings. The maximum atomic E-state index is 11.5. The second-order valence-corrected chi connectivity index (χ2v) is 4.42. The molecule has 0 bridgehead atoms. The van der Waals surface area contributed by atoms with E-state index in [9.17, 15) is 4.79 Å². The van der Waals surface area contributed by atoms with Crippen molar-refractivity contribution < 1.29 is 4.79 Å². The molecule has 1 aromatic heterocycles. The molecule has 0 aromatic carbocycles. The molecule has 0 spiro atoms. The molecule has 0 aliphatic rings. The van der Waals surface area contributed by atoms with Gasteiger partial charge in [0.15, 0.2) is 0 Å². The van der Waals surface area contributed by atoms with E-state index in [0.29, 0.717) is 18.0 Å². The minimum absolute atomic E-state index is 0.216. The monoisotopic (exact) mass is 224 g/mol. The summed E-state index contributed by atoms with van der Waals surface area (Å²) in [7, 11) is 0. The van der Waals surface area contributed by atoms with E-state index in [1.165, 1.54) is 0 Å². The zero-order valence-corrected chi connectivity index (χ0v) is 9.72. The Labute approximate surface area is 94.5 Å². The highest BCUT2D eigenvalue weighted by Crippen LogP contribution is 2.10. The van der Waals surface area contributed by atoms with E-state index in [4.69, 9.17) is 5.73 Å². The smallest absolute Gasteiger partial charge is 0.147 e. The lowest BCUT2D eigenvalue weighted by atomic mass is 10.1. The number of rotatable bonds is 6. The Bertz CT molecular complexity index is 328. The summed E-state index contributed by atoms with van der Waals surface area (Å²) in [5.74, 6) is 2.29. The lowest BCUT2D eigenvalue weighted by molar-refractivity contribution is -0.115. The molecular formula is C11H16N2OS. The van der Waals surface area contributed by atoms with Crippen LogP contribution >= 0.6 is 11.8 Å². The van der Waals surface area contributed by atoms with Gasteiger partial charge in [0.2, 0.25) is 0 Å². The van der Waals surface area contributed by atoms with Gasteiger partial charge in [0.05, 0.1) is 5.75 Å². The number of aromatic nitrogens is 1. The molecule has 0 aliphatic heterocycles. The zero-order valence-electron chi connectivity index (χ0n) is 8.90. The van der Waals surface area contributed by atoms with E-state index in [1.54, 1.807) is 24.0 Å². The first-order valence-corrected chi connectivity index (χ1v) is 6.18. The molecule has 1 rings (SSSR count). The second kappa shape index (κ2) is 6.45. The Hall–Kier alpha value is -1.03. The summed E-state index contributed by atoms with van der Waals surface area (Å²) in [6, 6.07) is 3.66. The number of thioether (sulfide) groups is 1. The maximum absolute atomic E-state index is 11.5. The van der Waals surface area contributed by atoms with Crippen molar-refractivity contribution in [3.8, 4) is 0 Å². The number of carbonyl (C=O) groups is 1. The average Bonchev–Trinajstić information content (AvgIpc) is 2.22. The van der Waals surface area contributed by atoms with Crippen molar-refractivity contribution in [1.29, 1.82) is 0 Å². The molecule has 2 N–H and O–H groups in total. The van der Waals surface area contributed by atoms with Crippen LogP contribution < -0.4 is 5.73 Å². The van der Waals surface area contributed by atoms with Crippen molar-refractivity contribution in [2.24, 2.45) is 0 Å². The van der Waals surface area contributed by atoms with Crippen LogP contribution in [0.15, 0.2) is 18.3 Å². The van der Waals surface area contributed by atoms with Gasteiger partial charge in [-0.3, -0.25) is 4.79 Å². The highest BCUT2D eigenvalue weighted by atomic mass is 32.2. The van der Waals surface area contributed by atoms with E-state index < -0.39 is 0 Å². The van der Waals surface area contributed by atoms with Crippen LogP contribution in [0.1, 0.15) is 18.9 Å². The fraction of sp³-hybridized carbons (Fsp3) is 0.455. The molecule has 1 aromatic rings. The van der Waals surface area contributed by atoms with Crippen molar-refractivity contribution >= 4 is 23.4 Å². The van der Waals surface area contributed by atoms with Crippen LogP contribution in [0.2, 0.25) is 0 Å². The molecule has 0 radical (unpaired) electrons. The number of Topliss-reactive ketones (excluding diaryl/α,β-unsaturated/α-hetero) is 1. The van der Waals surface area contributed by atoms with E-state index in [0.717, 1.165) is 17.7 Å². The first-order chi connectivity index (χ1) is 7.24. The second-order valence-electron chi connectivity index (χ2n) is 3.32. The summed E-state index contributed by atoms with van der Waals surface area (Å²) in [6.45, 7) is 2.11. The van der Waals surface area contributed by atoms with Gasteiger partial charge >= 0.3 is 0 Å². The lowest BCUT2D eigenvalue weighted by Gasteiger charge is -2.03. The van der Waals surface area contributed by atoms with Crippen LogP contribution in [0.3, 0.4) is 0 Å². The number of anilines is 1. The molecule has 0 saturated heterocycles. The summed E-state index contributed by atoms with van der Waals surface area (Å²) in [4.78, 5) is 15.5. The predicted octanol–water partition coefficient (Wildman–Crippen LogP) is 1.92. The van der Waals surface area contributed by atoms with Gasteiger partial charge in [0.25, 0.3) is 0 Å². The summed E-state index contributed by atoms with van der Waals surface area (Å²) in [6.07, 6.45) is 3.14. The first kappa shape index (κ1) is 12.0. The molecule has 3 nitrogen and oxygen atoms in total. The highest BCUT2D eigenvalue weighted by molar-refractivity contribution is 7.99. The van der Waals surface area contributed by atoms with Crippen LogP contribution in [0.25, 0.3) is 0 Å². The van der Waals surface area contributed by atoms with Crippen LogP contribution in [-0.2, 0) is 11.2 Å². The number of hydrogen-bond acceptors (Lipinski definition) is 4. The number of nitrogens with two attached hydrogens (primary N) is 1. The van der Waals surface area contributed by atoms with Gasteiger partial charge in [-0.2, -0.15) is 11.8 Å². The van der Waals surface area contributed by atoms with Gasteiger partial charge < -0.3 is 5.73 Å². The largest absolute Gasteiger partial charge is 0.383 e. The number of pyridine rings is 1. The van der Waals surface area contributed by atoms with Crippen LogP contribution in [0, 0.1) is 0 Å². The molecule has 4 heteroatoms. The van der Waals surface area contributed by atoms with Gasteiger partial charge in [0.1, 0.15) is 11.6 Å². The minimum Gasteiger partial charge on any atom is -0.383 e. The fourth-order valence-electron chi connectivity index (χ4n) is 1.19. The Kier molecular flexibility index (Phi) is 5.18. The molecule has 0 aliphatic carbocycles. The third-order valence-electron chi connectivity index (χ3n) is 1.93. The average molecular weight is 224 g/mol. The predicted molar refractivity (Wildman–Crippen MR) is 65.0 cm³/mol. The highest BCUT2D eigenvalue weighted by Gasteiger charge is 2.06. The van der Waals surface area contributed by atoms with Crippen molar-refractivity contribution in [3.05, 3.63) is 23.9 Å². The fourth-order valence-corrected chi connectivity index (χ4v) is 1.96. The minimum atomic E-state index is 0.216. The summed E-state index contributed by atoms with van der Waals surface area (Å²) >= 11 is 1.68. The van der Waals surface area contributed by atoms with Gasteiger partial charge in [0, 0.05) is 18.2 Å². The summed E-state index contributed by atoms with van der Waals surface area (Å²) in [5, 5.41) is 0. The number of nitrogens with zero attached hydrogens (tertiary/aromatic N) is 1. The zero-order chi connectivity index (χ0) is 11.1. The molecule has 15 heavy (non-hydrogen) atoms. The van der Waals surface area contributed by atoms with Crippen molar-refractivity contribution in [2.45, 2.75) is 19.8 Å². The molecule has 0 atom stereocenters. The molecule has 1 heterocycles. The Morgan fingerprint density at radius 2 is 2.40 bits per heavy atom. The number of hydrogen-bond donors (Lipinski definition) is 1. The molecule has 82 valence electrons. The molecule has 0 saturated carbocycles. The van der Waals surface area contributed by atoms with Crippen LogP contribution in [0.4, 0.5) is 5.82 Å². The van der Waals surface area contributed by atoms with E-state index in [-0.39, 0.29) is 5.78 Å². The third kappa shape index (κ3) is 4.34. The summed E-state index contributed by atoms with van der Waals surface area (Å²) < 4.78 is 0. The van der Waals surface area contributed by atoms with Crippen LogP contribution in [-0.4, -0.2) is 22.3 Å². The van der Waals surface area contributed by atoms with E-state index in [1.807, 2.05) is 6.07 Å². The number of carbonyl (C=O) groups excluding carboxylic acids is 1. The maximum Gasteiger partial charge on any atom is 0.147 e. The number of ketones is 1. The Balaban J connectivity index is 2.41. The Morgan fingerprint density at radius 1 is 1.60 bits per heavy atom. The molecular weight excluding hydrogens is 208 g/mol. The van der Waals surface area contributed by atoms with Crippen LogP contribution in [0.5, 0.6) is 0 Å². The van der Waals surface area contributed by atoms with Crippen molar-refractivity contribution in [3.63, 3.8) is 0 Å². The normalized spacial score (nSPS) is 10.2. The van der Waals surface area contributed by atoms with E-state index in [2.05, 4.69) is 11.9 Å². The SMILES string of the molecule is CCCSCC(=O)Cc1cccnc1N. The van der Waals surface area contributed by atoms with Gasteiger partial charge in [-0.1, -0.05) is 13.0 Å². The van der Waals surface area contributed by atoms with Crippen molar-refractivity contribution in [1.82, 2.24) is 4.98 Å². The Morgan fingerprint density at radius 3 is 3.07 bits per heavy atom. The van der Waals surface area contributed by atoms with Gasteiger partial charge in [-0.15, -0.1) is 0 Å². The lowest BCUT2D eigenvalue weighted by Crippen LogP contribution is -2.08. The summed E-state index contributed by atoms with van der Waals surface area (Å²) in [5.41, 5.74) is 6.49. The third-order valence-corrected chi connectivity index (χ3v) is 3.15. The van der Waals surface area contributed by atoms with E-state index >= 15 is 0 Å². The topological polar surface area (TPSA) is 56.0 Å². The standard InChI is InChI=1S/C11H16N2OS/c1-2-6-15-8-10(14)7-9-4-3-5-13-11(9)12/h3-5H,2,6-8H2,1H3,(H2,12,13).